The zero-order chi connectivity index (χ0) is 22.4. The highest BCUT2D eigenvalue weighted by Crippen LogP contribution is 2.31. The first-order chi connectivity index (χ1) is 14.8. The molecule has 0 bridgehead atoms. The van der Waals surface area contributed by atoms with Gasteiger partial charge in [-0.1, -0.05) is 34.1 Å². The maximum Gasteiger partial charge on any atom is 0.355 e. The van der Waals surface area contributed by atoms with Crippen LogP contribution in [0, 0.1) is 20.2 Å². The summed E-state index contributed by atoms with van der Waals surface area (Å²) < 4.78 is 0.770. The number of nitrogens with zero attached hydrogens (tertiary/aromatic N) is 4. The number of hydrogen-bond donors (Lipinski definition) is 3. The van der Waals surface area contributed by atoms with Gasteiger partial charge in [-0.2, -0.15) is 0 Å². The van der Waals surface area contributed by atoms with Gasteiger partial charge >= 0.3 is 5.69 Å². The number of benzene rings is 2. The van der Waals surface area contributed by atoms with Crippen LogP contribution in [0.4, 0.5) is 28.7 Å². The van der Waals surface area contributed by atoms with Crippen LogP contribution in [0.1, 0.15) is 5.56 Å². The maximum absolute atomic E-state index is 12.2. The van der Waals surface area contributed by atoms with Crippen molar-refractivity contribution in [2.45, 2.75) is 6.42 Å². The predicted molar refractivity (Wildman–Crippen MR) is 115 cm³/mol. The van der Waals surface area contributed by atoms with Gasteiger partial charge in [0.1, 0.15) is 6.33 Å². The first kappa shape index (κ1) is 21.6. The van der Waals surface area contributed by atoms with Crippen molar-refractivity contribution in [2.75, 3.05) is 10.7 Å². The number of non-ortho nitro benzene ring substituents is 1. The van der Waals surface area contributed by atoms with E-state index in [0.717, 1.165) is 10.8 Å². The summed E-state index contributed by atoms with van der Waals surface area (Å²) in [4.78, 5) is 41.0. The van der Waals surface area contributed by atoms with Gasteiger partial charge in [0, 0.05) is 22.3 Å². The Balaban J connectivity index is 1.71. The Morgan fingerprint density at radius 2 is 1.71 bits per heavy atom. The molecule has 0 fully saturated rings. The summed E-state index contributed by atoms with van der Waals surface area (Å²) in [6, 6.07) is 12.4. The number of amides is 1. The number of anilines is 3. The number of carbonyl (C=O) groups excluding carboxylic acids is 1. The molecule has 0 aliphatic rings. The second-order valence-corrected chi connectivity index (χ2v) is 7.00. The second-order valence-electron chi connectivity index (χ2n) is 6.09. The van der Waals surface area contributed by atoms with Gasteiger partial charge < -0.3 is 5.32 Å². The number of hydrogen-bond acceptors (Lipinski definition) is 9. The third-order valence-electron chi connectivity index (χ3n) is 3.92. The molecule has 31 heavy (non-hydrogen) atoms. The molecule has 3 aromatic rings. The topological polar surface area (TPSA) is 165 Å². The van der Waals surface area contributed by atoms with Crippen LogP contribution in [0.5, 0.6) is 0 Å². The molecule has 0 aliphatic carbocycles. The highest BCUT2D eigenvalue weighted by Gasteiger charge is 2.23. The number of aromatic nitrogens is 2. The predicted octanol–water partition coefficient (Wildman–Crippen LogP) is 3.48. The lowest BCUT2D eigenvalue weighted by molar-refractivity contribution is -0.384. The highest BCUT2D eigenvalue weighted by molar-refractivity contribution is 9.10. The summed E-state index contributed by atoms with van der Waals surface area (Å²) >= 11 is 3.32. The molecule has 0 radical (unpaired) electrons. The minimum atomic E-state index is -0.675. The van der Waals surface area contributed by atoms with E-state index >= 15 is 0 Å². The highest BCUT2D eigenvalue weighted by atomic mass is 79.9. The molecular formula is C18H14BrN7O5. The summed E-state index contributed by atoms with van der Waals surface area (Å²) in [5, 5.41) is 25.1. The van der Waals surface area contributed by atoms with Gasteiger partial charge in [0.15, 0.2) is 0 Å². The fourth-order valence-corrected chi connectivity index (χ4v) is 2.93. The Kier molecular flexibility index (Phi) is 6.67. The standard InChI is InChI=1S/C18H14BrN7O5/c19-12-2-1-3-13(9-12)22-17-16(26(30)31)18(21-10-20-17)24-23-15(27)8-11-4-6-14(7-5-11)25(28)29/h1-7,9-10H,8H2,(H,23,27)(H2,20,21,22,24). The molecule has 0 aliphatic heterocycles. The van der Waals surface area contributed by atoms with E-state index in [4.69, 9.17) is 0 Å². The van der Waals surface area contributed by atoms with Crippen molar-refractivity contribution >= 4 is 50.5 Å². The molecule has 0 unspecified atom stereocenters. The molecule has 0 saturated carbocycles. The third-order valence-corrected chi connectivity index (χ3v) is 4.42. The van der Waals surface area contributed by atoms with Gasteiger partial charge in [-0.3, -0.25) is 35.9 Å². The Labute approximate surface area is 183 Å². The number of rotatable bonds is 8. The van der Waals surface area contributed by atoms with E-state index in [1.54, 1.807) is 24.3 Å². The minimum absolute atomic E-state index is 0.0646. The van der Waals surface area contributed by atoms with Crippen molar-refractivity contribution in [1.82, 2.24) is 15.4 Å². The molecule has 0 spiro atoms. The van der Waals surface area contributed by atoms with Gasteiger partial charge in [-0.25, -0.2) is 9.97 Å². The van der Waals surface area contributed by atoms with Gasteiger partial charge in [0.25, 0.3) is 5.69 Å². The maximum atomic E-state index is 12.2. The van der Waals surface area contributed by atoms with Crippen molar-refractivity contribution in [1.29, 1.82) is 0 Å². The summed E-state index contributed by atoms with van der Waals surface area (Å²) in [5.74, 6) is -0.803. The zero-order valence-electron chi connectivity index (χ0n) is 15.6. The first-order valence-electron chi connectivity index (χ1n) is 8.63. The zero-order valence-corrected chi connectivity index (χ0v) is 17.2. The lowest BCUT2D eigenvalue weighted by atomic mass is 10.1. The van der Waals surface area contributed by atoms with E-state index in [1.807, 2.05) is 0 Å². The van der Waals surface area contributed by atoms with Crippen LogP contribution < -0.4 is 16.2 Å². The molecule has 0 saturated heterocycles. The third kappa shape index (κ3) is 5.70. The van der Waals surface area contributed by atoms with Crippen LogP contribution >= 0.6 is 15.9 Å². The van der Waals surface area contributed by atoms with Crippen LogP contribution in [0.3, 0.4) is 0 Å². The van der Waals surface area contributed by atoms with Crippen LogP contribution in [-0.2, 0) is 11.2 Å². The fraction of sp³-hybridized carbons (Fsp3) is 0.0556. The van der Waals surface area contributed by atoms with E-state index < -0.39 is 21.4 Å². The van der Waals surface area contributed by atoms with Crippen molar-refractivity contribution in [2.24, 2.45) is 0 Å². The van der Waals surface area contributed by atoms with Crippen LogP contribution in [0.2, 0.25) is 0 Å². The average molecular weight is 488 g/mol. The normalized spacial score (nSPS) is 10.2. The Morgan fingerprint density at radius 3 is 2.35 bits per heavy atom. The molecule has 1 heterocycles. The largest absolute Gasteiger partial charge is 0.355 e. The van der Waals surface area contributed by atoms with Crippen molar-refractivity contribution < 1.29 is 14.6 Å². The molecule has 158 valence electrons. The van der Waals surface area contributed by atoms with E-state index in [1.165, 1.54) is 24.3 Å². The van der Waals surface area contributed by atoms with E-state index in [0.29, 0.717) is 11.3 Å². The number of carbonyl (C=O) groups is 1. The number of hydrazine groups is 1. The quantitative estimate of drug-likeness (QED) is 0.318. The van der Waals surface area contributed by atoms with Crippen LogP contribution in [0.25, 0.3) is 0 Å². The molecule has 13 heteroatoms. The minimum Gasteiger partial charge on any atom is -0.334 e. The lowest BCUT2D eigenvalue weighted by Crippen LogP contribution is -2.31. The van der Waals surface area contributed by atoms with Crippen molar-refractivity contribution in [3.05, 3.63) is 85.1 Å². The molecule has 0 atom stereocenters. The average Bonchev–Trinajstić information content (AvgIpc) is 2.72. The van der Waals surface area contributed by atoms with Gasteiger partial charge in [0.2, 0.25) is 17.5 Å². The summed E-state index contributed by atoms with van der Waals surface area (Å²) in [7, 11) is 0. The van der Waals surface area contributed by atoms with Gasteiger partial charge in [-0.05, 0) is 23.8 Å². The lowest BCUT2D eigenvalue weighted by Gasteiger charge is -2.11. The van der Waals surface area contributed by atoms with Crippen molar-refractivity contribution in [3.8, 4) is 0 Å². The Hall–Kier alpha value is -4.13. The SMILES string of the molecule is O=C(Cc1ccc([N+](=O)[O-])cc1)NNc1ncnc(Nc2cccc(Br)c2)c1[N+](=O)[O-]. The van der Waals surface area contributed by atoms with E-state index in [9.17, 15) is 25.0 Å². The molecule has 3 N–H and O–H groups in total. The smallest absolute Gasteiger partial charge is 0.334 e. The molecule has 2 aromatic carbocycles. The molecule has 1 aromatic heterocycles. The van der Waals surface area contributed by atoms with Crippen molar-refractivity contribution in [3.63, 3.8) is 0 Å². The molecule has 12 nitrogen and oxygen atoms in total. The Morgan fingerprint density at radius 1 is 1.00 bits per heavy atom. The fourth-order valence-electron chi connectivity index (χ4n) is 2.53. The summed E-state index contributed by atoms with van der Waals surface area (Å²) in [6.45, 7) is 0. The van der Waals surface area contributed by atoms with E-state index in [-0.39, 0.29) is 23.7 Å². The number of halogens is 1. The van der Waals surface area contributed by atoms with Crippen LogP contribution in [-0.4, -0.2) is 25.7 Å². The first-order valence-corrected chi connectivity index (χ1v) is 9.43. The number of nitrogens with one attached hydrogen (secondary N) is 3. The molecular weight excluding hydrogens is 474 g/mol. The summed E-state index contributed by atoms with van der Waals surface area (Å²) in [5.41, 5.74) is 5.29. The van der Waals surface area contributed by atoms with Gasteiger partial charge in [0.05, 0.1) is 16.3 Å². The van der Waals surface area contributed by atoms with Gasteiger partial charge in [-0.15, -0.1) is 0 Å². The van der Waals surface area contributed by atoms with E-state index in [2.05, 4.69) is 42.1 Å². The summed E-state index contributed by atoms with van der Waals surface area (Å²) in [6.07, 6.45) is 1.01. The molecule has 3 rings (SSSR count). The Bertz CT molecular complexity index is 1140. The second kappa shape index (κ2) is 9.58. The molecule has 1 amide bonds. The number of nitro benzene ring substituents is 1. The monoisotopic (exact) mass is 487 g/mol. The van der Waals surface area contributed by atoms with Crippen LogP contribution in [0.15, 0.2) is 59.3 Å². The number of nitro groups is 2.